The first kappa shape index (κ1) is 27.6. The maximum atomic E-state index is 8.97. The van der Waals surface area contributed by atoms with Crippen molar-refractivity contribution >= 4 is 49.4 Å². The summed E-state index contributed by atoms with van der Waals surface area (Å²) < 4.78 is 6.43. The molecule has 226 valence electrons. The summed E-state index contributed by atoms with van der Waals surface area (Å²) in [5.41, 5.74) is 8.37. The third-order valence-electron chi connectivity index (χ3n) is 8.76. The molecule has 0 aliphatic carbocycles. The van der Waals surface area contributed by atoms with Gasteiger partial charge in [-0.25, -0.2) is 9.97 Å². The van der Waals surface area contributed by atoms with Crippen LogP contribution in [0.4, 0.5) is 0 Å². The summed E-state index contributed by atoms with van der Waals surface area (Å²) in [5.74, 6) is 0.730. The molecule has 6 nitrogen and oxygen atoms in total. The Morgan fingerprint density at radius 2 is 1.27 bits per heavy atom. The molecule has 2 N–H and O–H groups in total. The second kappa shape index (κ2) is 11.3. The number of hydrogen-bond acceptors (Lipinski definition) is 4. The van der Waals surface area contributed by atoms with Gasteiger partial charge in [0.1, 0.15) is 5.52 Å². The van der Waals surface area contributed by atoms with Gasteiger partial charge in [0.05, 0.1) is 11.2 Å². The van der Waals surface area contributed by atoms with Crippen molar-refractivity contribution in [3.63, 3.8) is 0 Å². The predicted octanol–water partition coefficient (Wildman–Crippen LogP) is 9.94. The lowest BCUT2D eigenvalue weighted by atomic mass is 9.96. The Kier molecular flexibility index (Phi) is 6.50. The maximum absolute atomic E-state index is 8.97. The molecule has 0 saturated carbocycles. The number of oxazole rings is 1. The number of nitrogens with one attached hydrogen (secondary N) is 2. The first-order chi connectivity index (χ1) is 23.7. The van der Waals surface area contributed by atoms with Crippen molar-refractivity contribution < 1.29 is 4.42 Å². The Morgan fingerprint density at radius 3 is 2.12 bits per heavy atom. The van der Waals surface area contributed by atoms with E-state index in [4.69, 9.17) is 19.8 Å². The van der Waals surface area contributed by atoms with Crippen molar-refractivity contribution in [3.05, 3.63) is 163 Å². The second-order valence-corrected chi connectivity index (χ2v) is 11.8. The van der Waals surface area contributed by atoms with Crippen LogP contribution in [0, 0.1) is 5.41 Å². The van der Waals surface area contributed by atoms with E-state index in [0.29, 0.717) is 17.1 Å². The van der Waals surface area contributed by atoms with E-state index in [0.717, 1.165) is 71.5 Å². The number of para-hydroxylation sites is 1. The summed E-state index contributed by atoms with van der Waals surface area (Å²) in [6, 6.07) is 50.9. The number of amidine groups is 1. The second-order valence-electron chi connectivity index (χ2n) is 11.8. The minimum atomic E-state index is 0.123. The quantitative estimate of drug-likeness (QED) is 0.117. The molecule has 0 unspecified atom stereocenters. The fraction of sp³-hybridized carbons (Fsp3) is 0. The molecule has 2 heterocycles. The van der Waals surface area contributed by atoms with Gasteiger partial charge in [0, 0.05) is 27.5 Å². The lowest BCUT2D eigenvalue weighted by Gasteiger charge is -2.09. The normalized spacial score (nSPS) is 12.0. The van der Waals surface area contributed by atoms with Crippen LogP contribution in [0.3, 0.4) is 0 Å². The Hall–Kier alpha value is -6.66. The number of benzene rings is 7. The van der Waals surface area contributed by atoms with Crippen LogP contribution in [0.2, 0.25) is 0 Å². The molecule has 0 spiro atoms. The highest BCUT2D eigenvalue weighted by atomic mass is 16.3. The molecule has 0 aliphatic heterocycles. The molecule has 6 heteroatoms. The van der Waals surface area contributed by atoms with E-state index in [1.807, 2.05) is 109 Å². The summed E-state index contributed by atoms with van der Waals surface area (Å²) in [5, 5.41) is 14.3. The van der Waals surface area contributed by atoms with Crippen LogP contribution in [0.5, 0.6) is 0 Å². The zero-order valence-electron chi connectivity index (χ0n) is 25.7. The third-order valence-corrected chi connectivity index (χ3v) is 8.76. The molecule has 0 atom stereocenters. The standard InChI is InChI=1S/C42H27N5O/c43-40(47-42-45-35-17-8-7-16-33(35)38(46-42)28-10-3-1-4-11-28)32-15-9-14-30(24-32)31-21-19-26-18-20-27-22-23-36-39(37(27)34(26)25-31)48-41(44-36)29-12-5-2-6-13-29/h1-25H,(H2,43,45,46,47). The van der Waals surface area contributed by atoms with E-state index < -0.39 is 0 Å². The van der Waals surface area contributed by atoms with Crippen molar-refractivity contribution in [2.24, 2.45) is 4.99 Å². The van der Waals surface area contributed by atoms with Crippen LogP contribution in [0.1, 0.15) is 5.56 Å². The Balaban J connectivity index is 1.13. The molecule has 2 aromatic heterocycles. The maximum Gasteiger partial charge on any atom is 0.229 e. The third kappa shape index (κ3) is 4.84. The SMILES string of the molecule is N=C(/N=c1/nc(-c2ccccc2)c2ccccc2[nH]1)c1cccc(-c2ccc3ccc4ccc5nc(-c6ccccc6)oc5c4c3c2)c1. The molecule has 48 heavy (non-hydrogen) atoms. The van der Waals surface area contributed by atoms with Crippen LogP contribution in [0.15, 0.2) is 161 Å². The van der Waals surface area contributed by atoms with Gasteiger partial charge in [0.2, 0.25) is 11.5 Å². The number of hydrogen-bond donors (Lipinski definition) is 2. The highest BCUT2D eigenvalue weighted by Crippen LogP contribution is 2.36. The predicted molar refractivity (Wildman–Crippen MR) is 194 cm³/mol. The van der Waals surface area contributed by atoms with Crippen LogP contribution in [-0.2, 0) is 0 Å². The van der Waals surface area contributed by atoms with Gasteiger partial charge in [-0.2, -0.15) is 4.99 Å². The fourth-order valence-corrected chi connectivity index (χ4v) is 6.40. The van der Waals surface area contributed by atoms with E-state index >= 15 is 0 Å². The van der Waals surface area contributed by atoms with E-state index in [9.17, 15) is 0 Å². The number of fused-ring (bicyclic) bond motifs is 6. The van der Waals surface area contributed by atoms with Crippen LogP contribution in [-0.4, -0.2) is 20.8 Å². The van der Waals surface area contributed by atoms with Crippen molar-refractivity contribution in [1.82, 2.24) is 15.0 Å². The molecule has 0 amide bonds. The molecule has 9 rings (SSSR count). The first-order valence-electron chi connectivity index (χ1n) is 15.8. The topological polar surface area (TPSA) is 90.9 Å². The Morgan fingerprint density at radius 1 is 0.583 bits per heavy atom. The van der Waals surface area contributed by atoms with Gasteiger partial charge in [-0.3, -0.25) is 5.41 Å². The average Bonchev–Trinajstić information content (AvgIpc) is 3.60. The first-order valence-corrected chi connectivity index (χ1v) is 15.8. The number of aromatic amines is 1. The lowest BCUT2D eigenvalue weighted by Crippen LogP contribution is -2.17. The van der Waals surface area contributed by atoms with Gasteiger partial charge >= 0.3 is 0 Å². The van der Waals surface area contributed by atoms with E-state index in [1.54, 1.807) is 0 Å². The Bertz CT molecular complexity index is 2740. The minimum absolute atomic E-state index is 0.123. The molecule has 7 aromatic carbocycles. The van der Waals surface area contributed by atoms with Crippen molar-refractivity contribution in [2.75, 3.05) is 0 Å². The number of rotatable bonds is 4. The molecular weight excluding hydrogens is 590 g/mol. The van der Waals surface area contributed by atoms with Gasteiger partial charge in [0.15, 0.2) is 11.4 Å². The number of H-pyrrole nitrogens is 1. The summed E-state index contributed by atoms with van der Waals surface area (Å²) in [6.07, 6.45) is 0. The molecule has 0 saturated heterocycles. The van der Waals surface area contributed by atoms with Gasteiger partial charge < -0.3 is 9.40 Å². The van der Waals surface area contributed by atoms with E-state index in [2.05, 4.69) is 52.4 Å². The van der Waals surface area contributed by atoms with E-state index in [-0.39, 0.29) is 5.84 Å². The zero-order valence-corrected chi connectivity index (χ0v) is 25.7. The lowest BCUT2D eigenvalue weighted by molar-refractivity contribution is 0.623. The summed E-state index contributed by atoms with van der Waals surface area (Å²) in [6.45, 7) is 0. The van der Waals surface area contributed by atoms with E-state index in [1.165, 1.54) is 0 Å². The highest BCUT2D eigenvalue weighted by Gasteiger charge is 2.15. The van der Waals surface area contributed by atoms with Crippen molar-refractivity contribution in [2.45, 2.75) is 0 Å². The number of aromatic nitrogens is 3. The van der Waals surface area contributed by atoms with Crippen LogP contribution < -0.4 is 5.62 Å². The zero-order chi connectivity index (χ0) is 32.0. The largest absolute Gasteiger partial charge is 0.435 e. The van der Waals surface area contributed by atoms with Gasteiger partial charge in [-0.05, 0) is 63.7 Å². The Labute approximate surface area is 275 Å². The van der Waals surface area contributed by atoms with Gasteiger partial charge in [0.25, 0.3) is 0 Å². The van der Waals surface area contributed by atoms with Crippen molar-refractivity contribution in [1.29, 1.82) is 5.41 Å². The summed E-state index contributed by atoms with van der Waals surface area (Å²) in [7, 11) is 0. The summed E-state index contributed by atoms with van der Waals surface area (Å²) >= 11 is 0. The molecular formula is C42H27N5O. The monoisotopic (exact) mass is 617 g/mol. The summed E-state index contributed by atoms with van der Waals surface area (Å²) in [4.78, 5) is 17.6. The molecule has 9 aromatic rings. The molecule has 0 fully saturated rings. The van der Waals surface area contributed by atoms with Gasteiger partial charge in [-0.15, -0.1) is 0 Å². The van der Waals surface area contributed by atoms with Crippen LogP contribution in [0.25, 0.3) is 77.4 Å². The molecule has 0 bridgehead atoms. The highest BCUT2D eigenvalue weighted by molar-refractivity contribution is 6.18. The average molecular weight is 618 g/mol. The molecule has 0 radical (unpaired) electrons. The van der Waals surface area contributed by atoms with Gasteiger partial charge in [-0.1, -0.05) is 115 Å². The smallest absolute Gasteiger partial charge is 0.229 e. The minimum Gasteiger partial charge on any atom is -0.435 e. The fourth-order valence-electron chi connectivity index (χ4n) is 6.40. The molecule has 0 aliphatic rings. The van der Waals surface area contributed by atoms with Crippen LogP contribution >= 0.6 is 0 Å². The van der Waals surface area contributed by atoms with Crippen molar-refractivity contribution in [3.8, 4) is 33.8 Å². The number of nitrogens with zero attached hydrogens (tertiary/aromatic N) is 3.